The minimum atomic E-state index is 0.0173. The van der Waals surface area contributed by atoms with E-state index in [-0.39, 0.29) is 11.8 Å². The van der Waals surface area contributed by atoms with Gasteiger partial charge in [-0.3, -0.25) is 9.59 Å². The van der Waals surface area contributed by atoms with Gasteiger partial charge in [0.1, 0.15) is 0 Å². The maximum absolute atomic E-state index is 12.0. The van der Waals surface area contributed by atoms with E-state index in [2.05, 4.69) is 52.3 Å². The Labute approximate surface area is 254 Å². The van der Waals surface area contributed by atoms with Gasteiger partial charge in [0.25, 0.3) is 0 Å². The third-order valence-corrected chi connectivity index (χ3v) is 9.56. The van der Waals surface area contributed by atoms with Crippen LogP contribution < -0.4 is 10.6 Å². The second kappa shape index (κ2) is 14.1. The van der Waals surface area contributed by atoms with Crippen molar-refractivity contribution in [2.24, 2.45) is 11.8 Å². The van der Waals surface area contributed by atoms with Crippen LogP contribution in [0.2, 0.25) is 0 Å². The van der Waals surface area contributed by atoms with Crippen molar-refractivity contribution in [2.45, 2.75) is 37.8 Å². The van der Waals surface area contributed by atoms with Crippen LogP contribution in [0.5, 0.6) is 0 Å². The Morgan fingerprint density at radius 1 is 0.675 bits per heavy atom. The molecule has 212 valence electrons. The number of carbonyl (C=O) groups is 2. The minimum Gasteiger partial charge on any atom is -0.348 e. The van der Waals surface area contributed by atoms with Crippen molar-refractivity contribution in [3.05, 3.63) is 80.8 Å². The molecule has 0 radical (unpaired) electrons. The molecular weight excluding hydrogens is 632 g/mol. The van der Waals surface area contributed by atoms with Gasteiger partial charge >= 0.3 is 0 Å². The fourth-order valence-corrected chi connectivity index (χ4v) is 6.93. The smallest absolute Gasteiger partial charge is 0.244 e. The number of nitrogens with zero attached hydrogens (tertiary/aromatic N) is 2. The highest BCUT2D eigenvalue weighted by Crippen LogP contribution is 2.28. The van der Waals surface area contributed by atoms with Crippen molar-refractivity contribution < 1.29 is 9.59 Å². The Balaban J connectivity index is 0.000000161. The second-order valence-electron chi connectivity index (χ2n) is 11.3. The molecule has 2 atom stereocenters. The van der Waals surface area contributed by atoms with E-state index < -0.39 is 0 Å². The molecule has 6 nitrogen and oxygen atoms in total. The van der Waals surface area contributed by atoms with Gasteiger partial charge in [0, 0.05) is 46.3 Å². The summed E-state index contributed by atoms with van der Waals surface area (Å²) in [5, 5.41) is 6.31. The topological polar surface area (TPSA) is 64.7 Å². The van der Waals surface area contributed by atoms with E-state index in [1.54, 1.807) is 12.2 Å². The van der Waals surface area contributed by atoms with Crippen LogP contribution in [-0.4, -0.2) is 73.0 Å². The zero-order valence-corrected chi connectivity index (χ0v) is 25.9. The van der Waals surface area contributed by atoms with Crippen LogP contribution in [0.15, 0.2) is 69.6 Å². The summed E-state index contributed by atoms with van der Waals surface area (Å²) in [5.74, 6) is 1.38. The summed E-state index contributed by atoms with van der Waals surface area (Å²) in [6.45, 7) is 6.83. The summed E-state index contributed by atoms with van der Waals surface area (Å²) < 4.78 is 2.07. The van der Waals surface area contributed by atoms with Crippen molar-refractivity contribution >= 4 is 55.8 Å². The highest BCUT2D eigenvalue weighted by molar-refractivity contribution is 9.10. The Morgan fingerprint density at radius 2 is 1.18 bits per heavy atom. The molecule has 8 rings (SSSR count). The van der Waals surface area contributed by atoms with Gasteiger partial charge in [0.15, 0.2) is 0 Å². The molecule has 2 N–H and O–H groups in total. The van der Waals surface area contributed by atoms with Crippen molar-refractivity contribution in [2.75, 3.05) is 39.3 Å². The van der Waals surface area contributed by atoms with E-state index in [0.717, 1.165) is 33.2 Å². The number of carbonyl (C=O) groups excluding carboxylic acids is 2. The molecule has 0 unspecified atom stereocenters. The lowest BCUT2D eigenvalue weighted by Crippen LogP contribution is -2.57. The average molecular weight is 670 g/mol. The van der Waals surface area contributed by atoms with E-state index >= 15 is 0 Å². The summed E-state index contributed by atoms with van der Waals surface area (Å²) in [7, 11) is 0. The maximum atomic E-state index is 12.0. The van der Waals surface area contributed by atoms with E-state index in [1.807, 2.05) is 60.7 Å². The molecule has 40 heavy (non-hydrogen) atoms. The predicted molar refractivity (Wildman–Crippen MR) is 169 cm³/mol. The fraction of sp³-hybridized carbons (Fsp3) is 0.438. The lowest BCUT2D eigenvalue weighted by molar-refractivity contribution is -0.119. The Hall–Kier alpha value is -2.26. The van der Waals surface area contributed by atoms with Gasteiger partial charge in [-0.15, -0.1) is 0 Å². The lowest BCUT2D eigenvalue weighted by Gasteiger charge is -2.44. The van der Waals surface area contributed by atoms with Gasteiger partial charge in [-0.2, -0.15) is 0 Å². The first-order valence-electron chi connectivity index (χ1n) is 14.3. The molecule has 0 spiro atoms. The van der Waals surface area contributed by atoms with Gasteiger partial charge in [0.2, 0.25) is 11.8 Å². The summed E-state index contributed by atoms with van der Waals surface area (Å²) in [6, 6.07) is 16.5. The van der Waals surface area contributed by atoms with Crippen molar-refractivity contribution in [3.63, 3.8) is 0 Å². The molecule has 6 fully saturated rings. The standard InChI is InChI=1S/2C16H19BrN2O/c17-14-4-1-12(2-5-14)3-6-16(20)18-15-11-19-9-7-13(15)8-10-19;17-14-3-1-2-12(10-14)4-5-16(20)18-15-11-19-8-6-13(15)7-9-19/h1-6,13,15H,7-11H2,(H,18,20);1-5,10,13,15H,6-9,11H2,(H,18,20)/t2*15-/m00/s1. The SMILES string of the molecule is O=C(C=Cc1ccc(Br)cc1)N[C@H]1CN2CCC1CC2.O=C(C=Cc1cccc(Br)c1)N[C@H]1CN2CCC1CC2. The number of piperidine rings is 6. The van der Waals surface area contributed by atoms with Crippen LogP contribution in [0.3, 0.4) is 0 Å². The first-order valence-corrected chi connectivity index (χ1v) is 15.9. The lowest BCUT2D eigenvalue weighted by atomic mass is 9.84. The number of benzene rings is 2. The van der Waals surface area contributed by atoms with Crippen molar-refractivity contribution in [3.8, 4) is 0 Å². The molecule has 2 aromatic rings. The van der Waals surface area contributed by atoms with Crippen LogP contribution in [0.4, 0.5) is 0 Å². The summed E-state index contributed by atoms with van der Waals surface area (Å²) in [6.07, 6.45) is 11.9. The van der Waals surface area contributed by atoms with Crippen LogP contribution in [0.25, 0.3) is 12.2 Å². The van der Waals surface area contributed by atoms with Gasteiger partial charge in [0.05, 0.1) is 0 Å². The second-order valence-corrected chi connectivity index (χ2v) is 13.1. The van der Waals surface area contributed by atoms with Gasteiger partial charge in [-0.1, -0.05) is 56.1 Å². The molecule has 0 saturated carbocycles. The van der Waals surface area contributed by atoms with Crippen molar-refractivity contribution in [1.29, 1.82) is 0 Å². The number of halogens is 2. The summed E-state index contributed by atoms with van der Waals surface area (Å²) >= 11 is 6.83. The molecule has 6 aliphatic heterocycles. The molecule has 0 aliphatic carbocycles. The number of hydrogen-bond donors (Lipinski definition) is 2. The average Bonchev–Trinajstić information content (AvgIpc) is 2.97. The van der Waals surface area contributed by atoms with E-state index in [4.69, 9.17) is 0 Å². The quantitative estimate of drug-likeness (QED) is 0.408. The van der Waals surface area contributed by atoms with Crippen LogP contribution in [0.1, 0.15) is 36.8 Å². The monoisotopic (exact) mass is 668 g/mol. The maximum Gasteiger partial charge on any atom is 0.244 e. The molecular formula is C32H38Br2N4O2. The molecule has 6 heterocycles. The molecule has 0 aromatic heterocycles. The van der Waals surface area contributed by atoms with Gasteiger partial charge in [-0.25, -0.2) is 0 Å². The number of rotatable bonds is 6. The summed E-state index contributed by atoms with van der Waals surface area (Å²) in [5.41, 5.74) is 2.07. The van der Waals surface area contributed by atoms with Gasteiger partial charge < -0.3 is 20.4 Å². The van der Waals surface area contributed by atoms with Gasteiger partial charge in [-0.05, 0) is 111 Å². The highest BCUT2D eigenvalue weighted by Gasteiger charge is 2.35. The molecule has 6 saturated heterocycles. The Bertz CT molecular complexity index is 1220. The van der Waals surface area contributed by atoms with Crippen LogP contribution >= 0.6 is 31.9 Å². The fourth-order valence-electron chi connectivity index (χ4n) is 6.25. The largest absolute Gasteiger partial charge is 0.348 e. The van der Waals surface area contributed by atoms with Crippen LogP contribution in [0, 0.1) is 11.8 Å². The Morgan fingerprint density at radius 3 is 1.62 bits per heavy atom. The van der Waals surface area contributed by atoms with E-state index in [9.17, 15) is 9.59 Å². The Kier molecular flexibility index (Phi) is 10.3. The number of hydrogen-bond acceptors (Lipinski definition) is 4. The zero-order chi connectivity index (χ0) is 27.9. The molecule has 2 amide bonds. The highest BCUT2D eigenvalue weighted by atomic mass is 79.9. The number of amides is 2. The third kappa shape index (κ3) is 8.38. The minimum absolute atomic E-state index is 0.0173. The van der Waals surface area contributed by atoms with E-state index in [0.29, 0.717) is 23.9 Å². The van der Waals surface area contributed by atoms with E-state index in [1.165, 1.54) is 51.9 Å². The number of fused-ring (bicyclic) bond motifs is 6. The zero-order valence-electron chi connectivity index (χ0n) is 22.8. The first-order chi connectivity index (χ1) is 19.4. The third-order valence-electron chi connectivity index (χ3n) is 8.54. The summed E-state index contributed by atoms with van der Waals surface area (Å²) in [4.78, 5) is 28.9. The first kappa shape index (κ1) is 29.2. The molecule has 4 bridgehead atoms. The molecule has 6 aliphatic rings. The molecule has 2 aromatic carbocycles. The normalized spacial score (nSPS) is 28.8. The number of nitrogens with one attached hydrogen (secondary N) is 2. The van der Waals surface area contributed by atoms with Crippen LogP contribution in [-0.2, 0) is 9.59 Å². The predicted octanol–water partition coefficient (Wildman–Crippen LogP) is 5.35. The van der Waals surface area contributed by atoms with Crippen molar-refractivity contribution in [1.82, 2.24) is 20.4 Å². The molecule has 8 heteroatoms.